The maximum atomic E-state index is 13.4. The summed E-state index contributed by atoms with van der Waals surface area (Å²) in [6.45, 7) is 1.16. The number of halogens is 4. The number of carbonyl (C=O) groups excluding carboxylic acids is 1. The van der Waals surface area contributed by atoms with Crippen molar-refractivity contribution in [2.75, 3.05) is 18.5 Å². The van der Waals surface area contributed by atoms with E-state index in [1.54, 1.807) is 22.6 Å². The number of hydrogen-bond donors (Lipinski definition) is 2. The van der Waals surface area contributed by atoms with Crippen molar-refractivity contribution < 1.29 is 18.3 Å². The lowest BCUT2D eigenvalue weighted by Gasteiger charge is -2.26. The molecule has 118 valence electrons. The third kappa shape index (κ3) is 4.73. The van der Waals surface area contributed by atoms with Crippen molar-refractivity contribution in [2.45, 2.75) is 18.9 Å². The van der Waals surface area contributed by atoms with E-state index in [0.717, 1.165) is 12.1 Å². The monoisotopic (exact) mass is 432 g/mol. The fourth-order valence-electron chi connectivity index (χ4n) is 2.14. The zero-order valence-electron chi connectivity index (χ0n) is 11.1. The van der Waals surface area contributed by atoms with Crippen LogP contribution in [0, 0.1) is 21.1 Å². The normalized spacial score (nSPS) is 17.0. The van der Waals surface area contributed by atoms with E-state index in [1.807, 2.05) is 0 Å². The first-order valence-electron chi connectivity index (χ1n) is 6.27. The molecular weight excluding hydrogens is 417 g/mol. The Bertz CT molecular complexity index is 490. The lowest BCUT2D eigenvalue weighted by atomic mass is 9.92. The molecule has 1 fully saturated rings. The first-order valence-corrected chi connectivity index (χ1v) is 7.35. The van der Waals surface area contributed by atoms with Crippen LogP contribution >= 0.6 is 35.0 Å². The summed E-state index contributed by atoms with van der Waals surface area (Å²) in [5.74, 6) is -1.82. The molecule has 0 spiro atoms. The van der Waals surface area contributed by atoms with Crippen LogP contribution in [0.3, 0.4) is 0 Å². The molecule has 21 heavy (non-hydrogen) atoms. The van der Waals surface area contributed by atoms with Gasteiger partial charge >= 0.3 is 0 Å². The first-order chi connectivity index (χ1) is 9.49. The Hall–Kier alpha value is -0.510. The van der Waals surface area contributed by atoms with Crippen LogP contribution in [-0.4, -0.2) is 25.2 Å². The van der Waals surface area contributed by atoms with Gasteiger partial charge in [0.15, 0.2) is 0 Å². The zero-order chi connectivity index (χ0) is 14.7. The van der Waals surface area contributed by atoms with E-state index in [0.29, 0.717) is 26.1 Å². The van der Waals surface area contributed by atoms with Crippen LogP contribution in [0.4, 0.5) is 14.5 Å². The standard InChI is InChI=1S/C13H15F2IN2O2.ClH/c14-9-5-8(6-10(15)11(9)16)18-13(19)12(17)7-1-3-20-4-2-7;/h5-7,12H,1-4,17H2,(H,18,19);1H. The van der Waals surface area contributed by atoms with E-state index in [1.165, 1.54) is 0 Å². The van der Waals surface area contributed by atoms with Gasteiger partial charge in [-0.2, -0.15) is 0 Å². The smallest absolute Gasteiger partial charge is 0.241 e. The van der Waals surface area contributed by atoms with E-state index < -0.39 is 23.6 Å². The fraction of sp³-hybridized carbons (Fsp3) is 0.462. The first kappa shape index (κ1) is 18.5. The van der Waals surface area contributed by atoms with Crippen LogP contribution in [0.25, 0.3) is 0 Å². The van der Waals surface area contributed by atoms with Crippen molar-refractivity contribution in [3.05, 3.63) is 27.3 Å². The molecule has 1 unspecified atom stereocenters. The minimum absolute atomic E-state index is 0. The molecular formula is C13H16ClF2IN2O2. The fourth-order valence-corrected chi connectivity index (χ4v) is 2.45. The van der Waals surface area contributed by atoms with Crippen molar-refractivity contribution in [3.63, 3.8) is 0 Å². The van der Waals surface area contributed by atoms with E-state index in [-0.39, 0.29) is 27.6 Å². The summed E-state index contributed by atoms with van der Waals surface area (Å²) in [5, 5.41) is 2.46. The second-order valence-corrected chi connectivity index (χ2v) is 5.80. The Kier molecular flexibility index (Phi) is 7.25. The minimum Gasteiger partial charge on any atom is -0.381 e. The Morgan fingerprint density at radius 2 is 1.86 bits per heavy atom. The molecule has 1 aliphatic rings. The molecule has 4 nitrogen and oxygen atoms in total. The summed E-state index contributed by atoms with van der Waals surface area (Å²) in [7, 11) is 0. The highest BCUT2D eigenvalue weighted by atomic mass is 127. The minimum atomic E-state index is -0.708. The van der Waals surface area contributed by atoms with Crippen LogP contribution < -0.4 is 11.1 Å². The van der Waals surface area contributed by atoms with Gasteiger partial charge in [0, 0.05) is 18.9 Å². The molecule has 0 aromatic heterocycles. The summed E-state index contributed by atoms with van der Waals surface area (Å²) < 4.78 is 31.9. The molecule has 1 aromatic rings. The van der Waals surface area contributed by atoms with Crippen LogP contribution in [0.5, 0.6) is 0 Å². The highest BCUT2D eigenvalue weighted by molar-refractivity contribution is 14.1. The number of carbonyl (C=O) groups is 1. The highest BCUT2D eigenvalue weighted by Gasteiger charge is 2.26. The second-order valence-electron chi connectivity index (χ2n) is 4.72. The quantitative estimate of drug-likeness (QED) is 0.570. The Labute approximate surface area is 141 Å². The number of benzene rings is 1. The van der Waals surface area contributed by atoms with E-state index in [4.69, 9.17) is 10.5 Å². The van der Waals surface area contributed by atoms with E-state index in [2.05, 4.69) is 5.32 Å². The van der Waals surface area contributed by atoms with Crippen molar-refractivity contribution in [3.8, 4) is 0 Å². The Morgan fingerprint density at radius 3 is 2.38 bits per heavy atom. The molecule has 1 aliphatic heterocycles. The molecule has 0 radical (unpaired) electrons. The van der Waals surface area contributed by atoms with E-state index >= 15 is 0 Å². The molecule has 1 heterocycles. The van der Waals surface area contributed by atoms with Crippen molar-refractivity contribution >= 4 is 46.6 Å². The molecule has 0 bridgehead atoms. The average Bonchev–Trinajstić information content (AvgIpc) is 2.44. The summed E-state index contributed by atoms with van der Waals surface area (Å²) in [6, 6.07) is 1.46. The van der Waals surface area contributed by atoms with Gasteiger partial charge in [-0.1, -0.05) is 0 Å². The molecule has 1 aromatic carbocycles. The SMILES string of the molecule is Cl.NC(C(=O)Nc1cc(F)c(I)c(F)c1)C1CCOCC1. The van der Waals surface area contributed by atoms with Gasteiger partial charge in [0.2, 0.25) is 5.91 Å². The summed E-state index contributed by atoms with van der Waals surface area (Å²) in [6.07, 6.45) is 1.42. The molecule has 0 aliphatic carbocycles. The Balaban J connectivity index is 0.00000220. The van der Waals surface area contributed by atoms with Crippen molar-refractivity contribution in [1.82, 2.24) is 0 Å². The molecule has 8 heteroatoms. The zero-order valence-corrected chi connectivity index (χ0v) is 14.0. The molecule has 1 atom stereocenters. The number of amides is 1. The van der Waals surface area contributed by atoms with Crippen molar-refractivity contribution in [1.29, 1.82) is 0 Å². The number of hydrogen-bond acceptors (Lipinski definition) is 3. The van der Waals surface area contributed by atoms with Gasteiger partial charge in [-0.3, -0.25) is 4.79 Å². The number of nitrogens with one attached hydrogen (secondary N) is 1. The maximum absolute atomic E-state index is 13.4. The van der Waals surface area contributed by atoms with Gasteiger partial charge in [0.1, 0.15) is 11.6 Å². The molecule has 0 saturated carbocycles. The predicted octanol–water partition coefficient (Wildman–Crippen LogP) is 2.68. The molecule has 1 amide bonds. The number of ether oxygens (including phenoxy) is 1. The van der Waals surface area contributed by atoms with Gasteiger partial charge < -0.3 is 15.8 Å². The maximum Gasteiger partial charge on any atom is 0.241 e. The number of anilines is 1. The van der Waals surface area contributed by atoms with Crippen LogP contribution in [-0.2, 0) is 9.53 Å². The molecule has 2 rings (SSSR count). The lowest BCUT2D eigenvalue weighted by molar-refractivity contribution is -0.119. The van der Waals surface area contributed by atoms with Gasteiger partial charge in [0.25, 0.3) is 0 Å². The van der Waals surface area contributed by atoms with Crippen LogP contribution in [0.1, 0.15) is 12.8 Å². The average molecular weight is 433 g/mol. The van der Waals surface area contributed by atoms with Crippen molar-refractivity contribution in [2.24, 2.45) is 11.7 Å². The Morgan fingerprint density at radius 1 is 1.33 bits per heavy atom. The largest absolute Gasteiger partial charge is 0.381 e. The van der Waals surface area contributed by atoms with E-state index in [9.17, 15) is 13.6 Å². The predicted molar refractivity (Wildman–Crippen MR) is 86.5 cm³/mol. The topological polar surface area (TPSA) is 64.4 Å². The van der Waals surface area contributed by atoms with Crippen LogP contribution in [0.15, 0.2) is 12.1 Å². The van der Waals surface area contributed by atoms with Gasteiger partial charge in [-0.15, -0.1) is 12.4 Å². The number of nitrogens with two attached hydrogens (primary N) is 1. The molecule has 1 saturated heterocycles. The molecule has 3 N–H and O–H groups in total. The second kappa shape index (κ2) is 8.21. The summed E-state index contributed by atoms with van der Waals surface area (Å²) >= 11 is 1.57. The highest BCUT2D eigenvalue weighted by Crippen LogP contribution is 2.22. The summed E-state index contributed by atoms with van der Waals surface area (Å²) in [5.41, 5.74) is 5.97. The van der Waals surface area contributed by atoms with Crippen LogP contribution in [0.2, 0.25) is 0 Å². The van der Waals surface area contributed by atoms with Gasteiger partial charge in [-0.25, -0.2) is 8.78 Å². The number of rotatable bonds is 3. The third-order valence-corrected chi connectivity index (χ3v) is 4.36. The van der Waals surface area contributed by atoms with Gasteiger partial charge in [-0.05, 0) is 53.5 Å². The summed E-state index contributed by atoms with van der Waals surface area (Å²) in [4.78, 5) is 12.0. The van der Waals surface area contributed by atoms with Gasteiger partial charge in [0.05, 0.1) is 9.61 Å². The third-order valence-electron chi connectivity index (χ3n) is 3.33. The lowest BCUT2D eigenvalue weighted by Crippen LogP contribution is -2.44.